The zero-order valence-electron chi connectivity index (χ0n) is 17.7. The van der Waals surface area contributed by atoms with Crippen LogP contribution in [0.5, 0.6) is 5.75 Å². The van der Waals surface area contributed by atoms with Gasteiger partial charge in [0.2, 0.25) is 11.8 Å². The highest BCUT2D eigenvalue weighted by Gasteiger charge is 2.13. The van der Waals surface area contributed by atoms with Gasteiger partial charge >= 0.3 is 0 Å². The average molecular weight is 411 g/mol. The lowest BCUT2D eigenvalue weighted by molar-refractivity contribution is -0.119. The minimum absolute atomic E-state index is 0.110. The van der Waals surface area contributed by atoms with Crippen LogP contribution in [0.3, 0.4) is 0 Å². The molecule has 1 fully saturated rings. The van der Waals surface area contributed by atoms with Crippen molar-refractivity contribution in [3.05, 3.63) is 48.5 Å². The summed E-state index contributed by atoms with van der Waals surface area (Å²) in [7, 11) is 3.32. The number of hydrogen-bond donors (Lipinski definition) is 2. The van der Waals surface area contributed by atoms with Crippen LogP contribution in [0.4, 0.5) is 17.1 Å². The summed E-state index contributed by atoms with van der Waals surface area (Å²) >= 11 is 0. The number of hydrogen-bond acceptors (Lipinski definition) is 5. The summed E-state index contributed by atoms with van der Waals surface area (Å²) in [4.78, 5) is 28.6. The molecule has 0 bridgehead atoms. The van der Waals surface area contributed by atoms with Crippen molar-refractivity contribution in [3.8, 4) is 5.75 Å². The van der Waals surface area contributed by atoms with E-state index in [9.17, 15) is 9.59 Å². The van der Waals surface area contributed by atoms with Crippen LogP contribution in [0.15, 0.2) is 48.5 Å². The Morgan fingerprint density at radius 1 is 0.933 bits per heavy atom. The minimum Gasteiger partial charge on any atom is -0.497 e. The summed E-state index contributed by atoms with van der Waals surface area (Å²) in [5.74, 6) is 0.327. The molecule has 160 valence electrons. The molecule has 0 unspecified atom stereocenters. The summed E-state index contributed by atoms with van der Waals surface area (Å²) in [6.45, 7) is 2.42. The van der Waals surface area contributed by atoms with Crippen LogP contribution in [-0.4, -0.2) is 57.1 Å². The lowest BCUT2D eigenvalue weighted by Crippen LogP contribution is -2.36. The van der Waals surface area contributed by atoms with E-state index in [2.05, 4.69) is 15.5 Å². The zero-order valence-corrected chi connectivity index (χ0v) is 17.7. The average Bonchev–Trinajstić information content (AvgIpc) is 2.74. The van der Waals surface area contributed by atoms with Gasteiger partial charge in [0, 0.05) is 36.2 Å². The zero-order chi connectivity index (χ0) is 21.3. The van der Waals surface area contributed by atoms with Crippen LogP contribution in [-0.2, 0) is 9.59 Å². The Morgan fingerprint density at radius 2 is 1.57 bits per heavy atom. The van der Waals surface area contributed by atoms with Gasteiger partial charge in [-0.2, -0.15) is 0 Å². The fraction of sp³-hybridized carbons (Fsp3) is 0.391. The quantitative estimate of drug-likeness (QED) is 0.699. The van der Waals surface area contributed by atoms with E-state index in [1.165, 1.54) is 24.9 Å². The van der Waals surface area contributed by atoms with Gasteiger partial charge < -0.3 is 20.3 Å². The number of benzene rings is 2. The van der Waals surface area contributed by atoms with Crippen molar-refractivity contribution in [2.75, 3.05) is 55.9 Å². The molecule has 7 nitrogen and oxygen atoms in total. The Kier molecular flexibility index (Phi) is 7.68. The second-order valence-electron chi connectivity index (χ2n) is 7.60. The Balaban J connectivity index is 1.44. The van der Waals surface area contributed by atoms with E-state index in [0.29, 0.717) is 11.4 Å². The number of rotatable bonds is 8. The predicted octanol–water partition coefficient (Wildman–Crippen LogP) is 3.19. The largest absolute Gasteiger partial charge is 0.497 e. The molecule has 0 aromatic heterocycles. The number of carbonyl (C=O) groups excluding carboxylic acids is 2. The van der Waals surface area contributed by atoms with E-state index in [4.69, 9.17) is 4.74 Å². The molecule has 2 N–H and O–H groups in total. The Hall–Kier alpha value is -3.06. The molecule has 2 amide bonds. The van der Waals surface area contributed by atoms with Gasteiger partial charge in [0.15, 0.2) is 0 Å². The van der Waals surface area contributed by atoms with Gasteiger partial charge in [-0.05, 0) is 62.7 Å². The molecule has 1 aliphatic heterocycles. The Morgan fingerprint density at radius 3 is 2.20 bits per heavy atom. The number of methoxy groups -OCH3 is 1. The first-order valence-corrected chi connectivity index (χ1v) is 10.3. The van der Waals surface area contributed by atoms with Crippen LogP contribution in [0.25, 0.3) is 0 Å². The molecule has 0 radical (unpaired) electrons. The topological polar surface area (TPSA) is 73.9 Å². The normalized spacial score (nSPS) is 13.8. The van der Waals surface area contributed by atoms with E-state index in [-0.39, 0.29) is 24.9 Å². The number of nitrogens with zero attached hydrogens (tertiary/aromatic N) is 2. The molecule has 1 heterocycles. The summed E-state index contributed by atoms with van der Waals surface area (Å²) in [6.07, 6.45) is 3.77. The highest BCUT2D eigenvalue weighted by atomic mass is 16.5. The van der Waals surface area contributed by atoms with E-state index in [0.717, 1.165) is 18.8 Å². The van der Waals surface area contributed by atoms with Gasteiger partial charge in [0.05, 0.1) is 20.2 Å². The third kappa shape index (κ3) is 6.49. The number of amides is 2. The molecule has 30 heavy (non-hydrogen) atoms. The molecule has 0 saturated carbocycles. The van der Waals surface area contributed by atoms with Gasteiger partial charge in [0.25, 0.3) is 0 Å². The smallest absolute Gasteiger partial charge is 0.238 e. The molecule has 3 rings (SSSR count). The van der Waals surface area contributed by atoms with Gasteiger partial charge in [-0.15, -0.1) is 0 Å². The lowest BCUT2D eigenvalue weighted by atomic mass is 10.1. The standard InChI is InChI=1S/C23H30N4O3/c1-26(17-23(29)25-19-7-6-8-21(15-19)30-2)16-22(28)24-18-9-11-20(12-10-18)27-13-4-3-5-14-27/h6-12,15H,3-5,13-14,16-17H2,1-2H3,(H,24,28)(H,25,29). The summed E-state index contributed by atoms with van der Waals surface area (Å²) in [5.41, 5.74) is 2.61. The number of piperidine rings is 1. The van der Waals surface area contributed by atoms with Gasteiger partial charge in [-0.1, -0.05) is 6.07 Å². The fourth-order valence-corrected chi connectivity index (χ4v) is 3.56. The number of nitrogens with one attached hydrogen (secondary N) is 2. The van der Waals surface area contributed by atoms with Gasteiger partial charge in [0.1, 0.15) is 5.75 Å². The Bertz CT molecular complexity index is 848. The maximum absolute atomic E-state index is 12.3. The van der Waals surface area contributed by atoms with E-state index < -0.39 is 0 Å². The monoisotopic (exact) mass is 410 g/mol. The molecule has 7 heteroatoms. The number of anilines is 3. The summed E-state index contributed by atoms with van der Waals surface area (Å²) < 4.78 is 5.15. The minimum atomic E-state index is -0.190. The molecule has 0 atom stereocenters. The fourth-order valence-electron chi connectivity index (χ4n) is 3.56. The summed E-state index contributed by atoms with van der Waals surface area (Å²) in [6, 6.07) is 15.1. The number of likely N-dealkylation sites (N-methyl/N-ethyl adjacent to an activating group) is 1. The first-order chi connectivity index (χ1) is 14.5. The van der Waals surface area contributed by atoms with Crippen molar-refractivity contribution in [2.24, 2.45) is 0 Å². The molecular weight excluding hydrogens is 380 g/mol. The van der Waals surface area contributed by atoms with Crippen molar-refractivity contribution in [1.82, 2.24) is 4.90 Å². The van der Waals surface area contributed by atoms with Crippen LogP contribution >= 0.6 is 0 Å². The highest BCUT2D eigenvalue weighted by molar-refractivity contribution is 5.94. The first-order valence-electron chi connectivity index (χ1n) is 10.3. The number of carbonyl (C=O) groups is 2. The Labute approximate surface area is 178 Å². The van der Waals surface area contributed by atoms with Crippen LogP contribution in [0, 0.1) is 0 Å². The molecular formula is C23H30N4O3. The first kappa shape index (κ1) is 21.6. The van der Waals surface area contributed by atoms with Crippen LogP contribution in [0.1, 0.15) is 19.3 Å². The summed E-state index contributed by atoms with van der Waals surface area (Å²) in [5, 5.41) is 5.70. The third-order valence-corrected chi connectivity index (χ3v) is 5.05. The van der Waals surface area contributed by atoms with Crippen molar-refractivity contribution < 1.29 is 14.3 Å². The van der Waals surface area contributed by atoms with Gasteiger partial charge in [-0.25, -0.2) is 0 Å². The maximum atomic E-state index is 12.3. The maximum Gasteiger partial charge on any atom is 0.238 e. The molecule has 2 aromatic rings. The molecule has 1 aliphatic rings. The molecule has 0 spiro atoms. The van der Waals surface area contributed by atoms with E-state index in [1.54, 1.807) is 31.2 Å². The molecule has 1 saturated heterocycles. The van der Waals surface area contributed by atoms with E-state index >= 15 is 0 Å². The lowest BCUT2D eigenvalue weighted by Gasteiger charge is -2.28. The van der Waals surface area contributed by atoms with Crippen molar-refractivity contribution in [2.45, 2.75) is 19.3 Å². The highest BCUT2D eigenvalue weighted by Crippen LogP contribution is 2.22. The second kappa shape index (κ2) is 10.6. The molecule has 0 aliphatic carbocycles. The second-order valence-corrected chi connectivity index (χ2v) is 7.60. The van der Waals surface area contributed by atoms with Crippen molar-refractivity contribution in [1.29, 1.82) is 0 Å². The number of ether oxygens (including phenoxy) is 1. The predicted molar refractivity (Wildman–Crippen MR) is 120 cm³/mol. The van der Waals surface area contributed by atoms with Crippen molar-refractivity contribution >= 4 is 28.9 Å². The molecule has 2 aromatic carbocycles. The SMILES string of the molecule is COc1cccc(NC(=O)CN(C)CC(=O)Nc2ccc(N3CCCCC3)cc2)c1. The van der Waals surface area contributed by atoms with Crippen LogP contribution in [0.2, 0.25) is 0 Å². The van der Waals surface area contributed by atoms with E-state index in [1.807, 2.05) is 36.4 Å². The third-order valence-electron chi connectivity index (χ3n) is 5.05. The van der Waals surface area contributed by atoms with Crippen LogP contribution < -0.4 is 20.3 Å². The van der Waals surface area contributed by atoms with Crippen molar-refractivity contribution in [3.63, 3.8) is 0 Å². The van der Waals surface area contributed by atoms with Gasteiger partial charge in [-0.3, -0.25) is 14.5 Å².